The molecule has 1 amide bonds. The quantitative estimate of drug-likeness (QED) is 0.606. The second-order valence-corrected chi connectivity index (χ2v) is 7.41. The van der Waals surface area contributed by atoms with E-state index in [2.05, 4.69) is 15.0 Å². The number of aryl methyl sites for hydroxylation is 1. The Labute approximate surface area is 163 Å². The highest BCUT2D eigenvalue weighted by atomic mass is 32.2. The fourth-order valence-corrected chi connectivity index (χ4v) is 3.48. The molecule has 3 aromatic heterocycles. The summed E-state index contributed by atoms with van der Waals surface area (Å²) >= 11 is 1.52. The molecule has 0 saturated heterocycles. The topological polar surface area (TPSA) is 63.9 Å². The van der Waals surface area contributed by atoms with Crippen LogP contribution in [0, 0.1) is 0 Å². The number of aromatic nitrogens is 4. The first kappa shape index (κ1) is 20.1. The third-order valence-corrected chi connectivity index (χ3v) is 5.18. The van der Waals surface area contributed by atoms with E-state index in [1.165, 1.54) is 29.8 Å². The Hall–Kier alpha value is -2.62. The van der Waals surface area contributed by atoms with Crippen molar-refractivity contribution < 1.29 is 18.0 Å². The number of carbonyl (C=O) groups is 1. The van der Waals surface area contributed by atoms with Gasteiger partial charge in [0, 0.05) is 25.9 Å². The maximum absolute atomic E-state index is 13.0. The van der Waals surface area contributed by atoms with E-state index in [4.69, 9.17) is 0 Å². The smallest absolute Gasteiger partial charge is 0.325 e. The number of hydrogen-bond donors (Lipinski definition) is 0. The number of halogens is 3. The lowest BCUT2D eigenvalue weighted by molar-refractivity contribution is -0.141. The van der Waals surface area contributed by atoms with Crippen LogP contribution in [0.25, 0.3) is 22.6 Å². The van der Waals surface area contributed by atoms with Crippen LogP contribution in [-0.4, -0.2) is 38.2 Å². The predicted octanol–water partition coefficient (Wildman–Crippen LogP) is 4.14. The molecule has 0 spiro atoms. The van der Waals surface area contributed by atoms with E-state index >= 15 is 0 Å². The summed E-state index contributed by atoms with van der Waals surface area (Å²) in [5.41, 5.74) is 0.854. The number of anilines is 1. The Morgan fingerprint density at radius 3 is 2.57 bits per heavy atom. The molecule has 10 heteroatoms. The molecule has 0 unspecified atom stereocenters. The lowest BCUT2D eigenvalue weighted by Gasteiger charge is -2.17. The van der Waals surface area contributed by atoms with Crippen molar-refractivity contribution in [3.8, 4) is 11.5 Å². The minimum absolute atomic E-state index is 0.129. The fraction of sp³-hybridized carbons (Fsp3) is 0.333. The summed E-state index contributed by atoms with van der Waals surface area (Å²) in [6.07, 6.45) is -1.82. The van der Waals surface area contributed by atoms with Gasteiger partial charge in [0.2, 0.25) is 5.91 Å². The van der Waals surface area contributed by atoms with Gasteiger partial charge in [0.25, 0.3) is 0 Å². The number of imidazole rings is 1. The molecule has 0 aromatic carbocycles. The molecule has 0 aliphatic carbocycles. The molecule has 3 heterocycles. The fourth-order valence-electron chi connectivity index (χ4n) is 2.69. The SMILES string of the molecule is CCSc1cc(N(C)C(C)=O)cnc1-c1nc2cc(C(F)(F)F)ncc2n1C. The van der Waals surface area contributed by atoms with E-state index in [-0.39, 0.29) is 11.4 Å². The van der Waals surface area contributed by atoms with Crippen molar-refractivity contribution in [1.82, 2.24) is 19.5 Å². The zero-order chi connectivity index (χ0) is 20.6. The van der Waals surface area contributed by atoms with Gasteiger partial charge in [-0.3, -0.25) is 4.79 Å². The number of nitrogens with zero attached hydrogens (tertiary/aromatic N) is 5. The summed E-state index contributed by atoms with van der Waals surface area (Å²) < 4.78 is 40.5. The van der Waals surface area contributed by atoms with Gasteiger partial charge in [0.1, 0.15) is 11.4 Å². The van der Waals surface area contributed by atoms with Crippen molar-refractivity contribution in [2.24, 2.45) is 7.05 Å². The second kappa shape index (κ2) is 7.42. The van der Waals surface area contributed by atoms with Crippen molar-refractivity contribution in [1.29, 1.82) is 0 Å². The van der Waals surface area contributed by atoms with Crippen molar-refractivity contribution in [2.75, 3.05) is 17.7 Å². The monoisotopic (exact) mass is 409 g/mol. The van der Waals surface area contributed by atoms with Gasteiger partial charge in [-0.15, -0.1) is 11.8 Å². The van der Waals surface area contributed by atoms with Crippen LogP contribution in [0.1, 0.15) is 19.5 Å². The molecular formula is C18H18F3N5OS. The maximum Gasteiger partial charge on any atom is 0.433 e. The minimum Gasteiger partial charge on any atom is -0.325 e. The molecule has 148 valence electrons. The molecule has 0 aliphatic rings. The molecule has 0 atom stereocenters. The number of hydrogen-bond acceptors (Lipinski definition) is 5. The summed E-state index contributed by atoms with van der Waals surface area (Å²) in [5, 5.41) is 0. The maximum atomic E-state index is 13.0. The molecule has 0 bridgehead atoms. The van der Waals surface area contributed by atoms with Crippen LogP contribution in [0.15, 0.2) is 29.4 Å². The van der Waals surface area contributed by atoms with Crippen LogP contribution in [0.3, 0.4) is 0 Å². The van der Waals surface area contributed by atoms with E-state index in [0.29, 0.717) is 22.7 Å². The van der Waals surface area contributed by atoms with Crippen molar-refractivity contribution in [2.45, 2.75) is 24.9 Å². The molecule has 3 rings (SSSR count). The van der Waals surface area contributed by atoms with Crippen LogP contribution in [0.2, 0.25) is 0 Å². The average molecular weight is 409 g/mol. The summed E-state index contributed by atoms with van der Waals surface area (Å²) in [5.74, 6) is 1.06. The zero-order valence-electron chi connectivity index (χ0n) is 15.7. The van der Waals surface area contributed by atoms with E-state index in [1.54, 1.807) is 24.9 Å². The predicted molar refractivity (Wildman–Crippen MR) is 102 cm³/mol. The number of thioether (sulfide) groups is 1. The Bertz CT molecular complexity index is 1050. The standard InChI is InChI=1S/C18H18F3N5OS/c1-5-28-14-6-11(25(3)10(2)27)8-23-16(14)17-24-12-7-15(18(19,20)21)22-9-13(12)26(17)4/h6-9H,5H2,1-4H3. The minimum atomic E-state index is -4.54. The highest BCUT2D eigenvalue weighted by Crippen LogP contribution is 2.35. The molecule has 0 N–H and O–H groups in total. The molecule has 0 fully saturated rings. The van der Waals surface area contributed by atoms with Crippen molar-refractivity contribution in [3.63, 3.8) is 0 Å². The van der Waals surface area contributed by atoms with Crippen LogP contribution in [-0.2, 0) is 18.0 Å². The lowest BCUT2D eigenvalue weighted by atomic mass is 10.3. The van der Waals surface area contributed by atoms with E-state index in [9.17, 15) is 18.0 Å². The highest BCUT2D eigenvalue weighted by molar-refractivity contribution is 7.99. The largest absolute Gasteiger partial charge is 0.433 e. The Morgan fingerprint density at radius 2 is 1.96 bits per heavy atom. The number of carbonyl (C=O) groups excluding carboxylic acids is 1. The van der Waals surface area contributed by atoms with E-state index in [1.807, 2.05) is 13.0 Å². The molecule has 3 aromatic rings. The first-order valence-electron chi connectivity index (χ1n) is 8.40. The molecule has 0 radical (unpaired) electrons. The number of fused-ring (bicyclic) bond motifs is 1. The van der Waals surface area contributed by atoms with E-state index < -0.39 is 11.9 Å². The molecule has 0 aliphatic heterocycles. The van der Waals surface area contributed by atoms with Gasteiger partial charge in [0.05, 0.1) is 29.1 Å². The summed E-state index contributed by atoms with van der Waals surface area (Å²) in [4.78, 5) is 26.2. The first-order chi connectivity index (χ1) is 13.1. The second-order valence-electron chi connectivity index (χ2n) is 6.10. The van der Waals surface area contributed by atoms with Crippen LogP contribution < -0.4 is 4.90 Å². The number of pyridine rings is 2. The summed E-state index contributed by atoms with van der Waals surface area (Å²) in [6.45, 7) is 3.43. The normalized spacial score (nSPS) is 11.8. The summed E-state index contributed by atoms with van der Waals surface area (Å²) in [6, 6.07) is 2.76. The Morgan fingerprint density at radius 1 is 1.25 bits per heavy atom. The van der Waals surface area contributed by atoms with Crippen LogP contribution in [0.4, 0.5) is 18.9 Å². The number of alkyl halides is 3. The third-order valence-electron chi connectivity index (χ3n) is 4.27. The summed E-state index contributed by atoms with van der Waals surface area (Å²) in [7, 11) is 3.36. The van der Waals surface area contributed by atoms with Crippen molar-refractivity contribution in [3.05, 3.63) is 30.2 Å². The van der Waals surface area contributed by atoms with Gasteiger partial charge < -0.3 is 9.47 Å². The number of rotatable bonds is 4. The first-order valence-corrected chi connectivity index (χ1v) is 9.39. The van der Waals surface area contributed by atoms with Gasteiger partial charge in [-0.2, -0.15) is 13.2 Å². The Kier molecular flexibility index (Phi) is 5.33. The van der Waals surface area contributed by atoms with Gasteiger partial charge >= 0.3 is 6.18 Å². The van der Waals surface area contributed by atoms with Crippen molar-refractivity contribution >= 4 is 34.4 Å². The highest BCUT2D eigenvalue weighted by Gasteiger charge is 2.33. The third kappa shape index (κ3) is 3.68. The van der Waals surface area contributed by atoms with Crippen LogP contribution >= 0.6 is 11.8 Å². The zero-order valence-corrected chi connectivity index (χ0v) is 16.5. The lowest BCUT2D eigenvalue weighted by Crippen LogP contribution is -2.23. The Balaban J connectivity index is 2.15. The number of amides is 1. The molecular weight excluding hydrogens is 391 g/mol. The van der Waals surface area contributed by atoms with Gasteiger partial charge in [-0.25, -0.2) is 15.0 Å². The van der Waals surface area contributed by atoms with Gasteiger partial charge in [-0.1, -0.05) is 6.92 Å². The molecule has 28 heavy (non-hydrogen) atoms. The van der Waals surface area contributed by atoms with Gasteiger partial charge in [-0.05, 0) is 17.9 Å². The van der Waals surface area contributed by atoms with E-state index in [0.717, 1.165) is 16.7 Å². The van der Waals surface area contributed by atoms with Crippen LogP contribution in [0.5, 0.6) is 0 Å². The molecule has 0 saturated carbocycles. The molecule has 6 nitrogen and oxygen atoms in total. The van der Waals surface area contributed by atoms with Gasteiger partial charge in [0.15, 0.2) is 5.82 Å². The average Bonchev–Trinajstić information content (AvgIpc) is 2.96.